The number of carbonyl (C=O) groups is 1. The molecule has 0 aliphatic heterocycles. The number of carboxylic acid groups (broad SMARTS) is 1. The maximum absolute atomic E-state index is 13.4. The van der Waals surface area contributed by atoms with E-state index in [4.69, 9.17) is 9.84 Å². The van der Waals surface area contributed by atoms with E-state index in [0.717, 1.165) is 18.2 Å². The van der Waals surface area contributed by atoms with E-state index in [-0.39, 0.29) is 6.61 Å². The molecular weight excluding hydrogens is 249 g/mol. The molecule has 1 atom stereocenters. The van der Waals surface area contributed by atoms with Crippen molar-refractivity contribution in [1.29, 1.82) is 0 Å². The number of nitrogens with zero attached hydrogens (tertiary/aromatic N) is 1. The van der Waals surface area contributed by atoms with Crippen LogP contribution in [0, 0.1) is 15.9 Å². The number of methoxy groups -OCH3 is 1. The Hall–Kier alpha value is -2.22. The van der Waals surface area contributed by atoms with Gasteiger partial charge in [-0.3, -0.25) is 10.1 Å². The number of ether oxygens (including phenoxy) is 2. The Labute approximate surface area is 101 Å². The van der Waals surface area contributed by atoms with Crippen LogP contribution in [0.3, 0.4) is 0 Å². The van der Waals surface area contributed by atoms with Crippen molar-refractivity contribution in [2.24, 2.45) is 0 Å². The molecule has 0 bridgehead atoms. The lowest BCUT2D eigenvalue weighted by atomic mass is 10.2. The average Bonchev–Trinajstić information content (AvgIpc) is 2.30. The third-order valence-corrected chi connectivity index (χ3v) is 2.00. The molecule has 0 spiro atoms. The first-order valence-electron chi connectivity index (χ1n) is 4.78. The minimum Gasteiger partial charge on any atom is -0.478 e. The molecule has 0 amide bonds. The summed E-state index contributed by atoms with van der Waals surface area (Å²) in [5.41, 5.74) is -0.641. The number of hydrogen-bond donors (Lipinski definition) is 1. The van der Waals surface area contributed by atoms with E-state index in [2.05, 4.69) is 4.74 Å². The van der Waals surface area contributed by atoms with Crippen LogP contribution in [0.1, 0.15) is 0 Å². The second-order valence-electron chi connectivity index (χ2n) is 3.25. The van der Waals surface area contributed by atoms with Gasteiger partial charge in [0.2, 0.25) is 11.9 Å². The first-order chi connectivity index (χ1) is 8.47. The van der Waals surface area contributed by atoms with Crippen LogP contribution in [0.2, 0.25) is 0 Å². The summed E-state index contributed by atoms with van der Waals surface area (Å²) in [5.74, 6) is -3.13. The van der Waals surface area contributed by atoms with Crippen molar-refractivity contribution in [3.63, 3.8) is 0 Å². The van der Waals surface area contributed by atoms with Crippen LogP contribution in [-0.2, 0) is 9.53 Å². The van der Waals surface area contributed by atoms with E-state index in [0.29, 0.717) is 0 Å². The molecule has 0 radical (unpaired) electrons. The number of aliphatic carboxylic acids is 1. The predicted octanol–water partition coefficient (Wildman–Crippen LogP) is 1.21. The SMILES string of the molecule is COCC(Oc1c(F)cccc1[N+](=O)[O-])C(=O)O. The molecule has 1 unspecified atom stereocenters. The molecule has 1 aromatic carbocycles. The summed E-state index contributed by atoms with van der Waals surface area (Å²) in [6, 6.07) is 3.09. The molecule has 7 nitrogen and oxygen atoms in total. The second-order valence-corrected chi connectivity index (χ2v) is 3.25. The summed E-state index contributed by atoms with van der Waals surface area (Å²) in [7, 11) is 1.23. The fraction of sp³-hybridized carbons (Fsp3) is 0.300. The average molecular weight is 259 g/mol. The van der Waals surface area contributed by atoms with Crippen molar-refractivity contribution in [1.82, 2.24) is 0 Å². The van der Waals surface area contributed by atoms with Gasteiger partial charge in [-0.2, -0.15) is 0 Å². The molecule has 18 heavy (non-hydrogen) atoms. The Balaban J connectivity index is 3.08. The molecule has 0 saturated carbocycles. The summed E-state index contributed by atoms with van der Waals surface area (Å²) in [4.78, 5) is 20.6. The van der Waals surface area contributed by atoms with Gasteiger partial charge in [0.15, 0.2) is 5.82 Å². The standard InChI is InChI=1S/C10H10FNO6/c1-17-5-8(10(13)14)18-9-6(11)3-2-4-7(9)12(15)16/h2-4,8H,5H2,1H3,(H,13,14). The maximum atomic E-state index is 13.4. The van der Waals surface area contributed by atoms with Gasteiger partial charge in [-0.05, 0) is 6.07 Å². The van der Waals surface area contributed by atoms with Crippen LogP contribution in [-0.4, -0.2) is 35.8 Å². The molecule has 0 aliphatic rings. The van der Waals surface area contributed by atoms with Crippen molar-refractivity contribution >= 4 is 11.7 Å². The van der Waals surface area contributed by atoms with Gasteiger partial charge in [-0.25, -0.2) is 9.18 Å². The van der Waals surface area contributed by atoms with Gasteiger partial charge < -0.3 is 14.6 Å². The van der Waals surface area contributed by atoms with Crippen molar-refractivity contribution < 1.29 is 28.7 Å². The first kappa shape index (κ1) is 13.8. The zero-order valence-corrected chi connectivity index (χ0v) is 9.33. The minimum absolute atomic E-state index is 0.360. The molecule has 98 valence electrons. The molecule has 1 rings (SSSR count). The number of carboxylic acids is 1. The molecule has 0 aliphatic carbocycles. The van der Waals surface area contributed by atoms with Gasteiger partial charge in [0.25, 0.3) is 0 Å². The molecule has 1 aromatic rings. The highest BCUT2D eigenvalue weighted by molar-refractivity contribution is 5.73. The van der Waals surface area contributed by atoms with E-state index in [1.807, 2.05) is 0 Å². The van der Waals surface area contributed by atoms with E-state index >= 15 is 0 Å². The number of nitro benzene ring substituents is 1. The van der Waals surface area contributed by atoms with Gasteiger partial charge in [0, 0.05) is 13.2 Å². The predicted molar refractivity (Wildman–Crippen MR) is 57.0 cm³/mol. The summed E-state index contributed by atoms with van der Waals surface area (Å²) in [5, 5.41) is 19.5. The highest BCUT2D eigenvalue weighted by Gasteiger charge is 2.26. The number of hydrogen-bond acceptors (Lipinski definition) is 5. The zero-order valence-electron chi connectivity index (χ0n) is 9.33. The molecule has 0 fully saturated rings. The lowest BCUT2D eigenvalue weighted by Crippen LogP contribution is -2.32. The molecule has 0 heterocycles. The highest BCUT2D eigenvalue weighted by Crippen LogP contribution is 2.30. The van der Waals surface area contributed by atoms with Gasteiger partial charge in [-0.15, -0.1) is 0 Å². The van der Waals surface area contributed by atoms with Crippen LogP contribution in [0.5, 0.6) is 5.75 Å². The fourth-order valence-electron chi connectivity index (χ4n) is 1.21. The van der Waals surface area contributed by atoms with Crippen molar-refractivity contribution in [2.75, 3.05) is 13.7 Å². The van der Waals surface area contributed by atoms with E-state index in [9.17, 15) is 19.3 Å². The van der Waals surface area contributed by atoms with Gasteiger partial charge in [0.05, 0.1) is 11.5 Å². The Morgan fingerprint density at radius 3 is 2.78 bits per heavy atom. The lowest BCUT2D eigenvalue weighted by molar-refractivity contribution is -0.386. The topological polar surface area (TPSA) is 98.9 Å². The summed E-state index contributed by atoms with van der Waals surface area (Å²) in [6.45, 7) is -0.360. The Bertz CT molecular complexity index is 464. The van der Waals surface area contributed by atoms with Crippen LogP contribution >= 0.6 is 0 Å². The van der Waals surface area contributed by atoms with Crippen LogP contribution in [0.15, 0.2) is 18.2 Å². The number of nitro groups is 1. The van der Waals surface area contributed by atoms with Gasteiger partial charge >= 0.3 is 11.7 Å². The monoisotopic (exact) mass is 259 g/mol. The van der Waals surface area contributed by atoms with Crippen molar-refractivity contribution in [3.8, 4) is 5.75 Å². The van der Waals surface area contributed by atoms with Crippen LogP contribution in [0.25, 0.3) is 0 Å². The van der Waals surface area contributed by atoms with Crippen LogP contribution < -0.4 is 4.74 Å². The number of halogens is 1. The molecule has 0 saturated heterocycles. The minimum atomic E-state index is -1.52. The largest absolute Gasteiger partial charge is 0.478 e. The molecular formula is C10H10FNO6. The quantitative estimate of drug-likeness (QED) is 0.609. The van der Waals surface area contributed by atoms with E-state index in [1.54, 1.807) is 0 Å². The van der Waals surface area contributed by atoms with Gasteiger partial charge in [0.1, 0.15) is 0 Å². The summed E-state index contributed by atoms with van der Waals surface area (Å²) in [6.07, 6.45) is -1.52. The fourth-order valence-corrected chi connectivity index (χ4v) is 1.21. The Morgan fingerprint density at radius 1 is 1.61 bits per heavy atom. The third-order valence-electron chi connectivity index (χ3n) is 2.00. The third kappa shape index (κ3) is 3.14. The maximum Gasteiger partial charge on any atom is 0.347 e. The van der Waals surface area contributed by atoms with E-state index < -0.39 is 34.3 Å². The number of rotatable bonds is 6. The smallest absolute Gasteiger partial charge is 0.347 e. The molecule has 8 heteroatoms. The normalized spacial score (nSPS) is 11.9. The van der Waals surface area contributed by atoms with Crippen LogP contribution in [0.4, 0.5) is 10.1 Å². The molecule has 0 aromatic heterocycles. The van der Waals surface area contributed by atoms with E-state index in [1.165, 1.54) is 7.11 Å². The Morgan fingerprint density at radius 2 is 2.28 bits per heavy atom. The Kier molecular flexibility index (Phi) is 4.55. The summed E-state index contributed by atoms with van der Waals surface area (Å²) >= 11 is 0. The second kappa shape index (κ2) is 5.92. The highest BCUT2D eigenvalue weighted by atomic mass is 19.1. The van der Waals surface area contributed by atoms with Crippen molar-refractivity contribution in [3.05, 3.63) is 34.1 Å². The lowest BCUT2D eigenvalue weighted by Gasteiger charge is -2.14. The summed E-state index contributed by atoms with van der Waals surface area (Å²) < 4.78 is 22.8. The molecule has 1 N–H and O–H groups in total. The number of benzene rings is 1. The van der Waals surface area contributed by atoms with Gasteiger partial charge in [-0.1, -0.05) is 6.07 Å². The number of para-hydroxylation sites is 1. The van der Waals surface area contributed by atoms with Crippen molar-refractivity contribution in [2.45, 2.75) is 6.10 Å². The zero-order chi connectivity index (χ0) is 13.7. The first-order valence-corrected chi connectivity index (χ1v) is 4.78.